The minimum absolute atomic E-state index is 0.00609. The number of hydrogen-bond donors (Lipinski definition) is 1. The van der Waals surface area contributed by atoms with Crippen molar-refractivity contribution in [2.24, 2.45) is 11.7 Å². The minimum atomic E-state index is -0.765. The Balaban J connectivity index is 1.62. The number of nitrogens with zero attached hydrogens (tertiary/aromatic N) is 1. The van der Waals surface area contributed by atoms with E-state index in [4.69, 9.17) is 22.1 Å². The number of benzene rings is 1. The Labute approximate surface area is 127 Å². The number of amides is 2. The van der Waals surface area contributed by atoms with E-state index in [2.05, 4.69) is 4.74 Å². The zero-order valence-corrected chi connectivity index (χ0v) is 12.2. The van der Waals surface area contributed by atoms with Crippen molar-refractivity contribution in [1.82, 2.24) is 4.90 Å². The molecule has 0 atom stereocenters. The summed E-state index contributed by atoms with van der Waals surface area (Å²) in [6, 6.07) is 6.85. The van der Waals surface area contributed by atoms with Crippen LogP contribution in [-0.4, -0.2) is 43.2 Å². The first-order chi connectivity index (χ1) is 10.0. The van der Waals surface area contributed by atoms with Gasteiger partial charge < -0.3 is 20.1 Å². The summed E-state index contributed by atoms with van der Waals surface area (Å²) in [5.74, 6) is 0.903. The van der Waals surface area contributed by atoms with Crippen LogP contribution in [0, 0.1) is 5.92 Å². The number of carbonyl (C=O) groups is 2. The van der Waals surface area contributed by atoms with Crippen molar-refractivity contribution in [2.45, 2.75) is 6.42 Å². The second-order valence-electron chi connectivity index (χ2n) is 4.86. The number of rotatable bonds is 6. The third kappa shape index (κ3) is 4.82. The van der Waals surface area contributed by atoms with E-state index in [0.717, 1.165) is 0 Å². The molecule has 0 saturated carbocycles. The number of nitrogens with two attached hydrogens (primary N) is 1. The van der Waals surface area contributed by atoms with Gasteiger partial charge in [0.2, 0.25) is 0 Å². The topological polar surface area (TPSA) is 81.9 Å². The van der Waals surface area contributed by atoms with E-state index in [9.17, 15) is 9.59 Å². The van der Waals surface area contributed by atoms with E-state index in [1.54, 1.807) is 29.2 Å². The molecule has 2 amide bonds. The molecule has 0 radical (unpaired) electrons. The molecule has 114 valence electrons. The van der Waals surface area contributed by atoms with Gasteiger partial charge in [0.15, 0.2) is 6.61 Å². The Kier molecular flexibility index (Phi) is 5.27. The van der Waals surface area contributed by atoms with Gasteiger partial charge in [-0.3, -0.25) is 4.79 Å². The maximum atomic E-state index is 11.9. The number of ether oxygens (including phenoxy) is 2. The highest BCUT2D eigenvalue weighted by Crippen LogP contribution is 2.20. The molecule has 21 heavy (non-hydrogen) atoms. The summed E-state index contributed by atoms with van der Waals surface area (Å²) >= 11 is 5.76. The predicted octanol–water partition coefficient (Wildman–Crippen LogP) is 1.66. The van der Waals surface area contributed by atoms with Gasteiger partial charge in [0.25, 0.3) is 5.91 Å². The predicted molar refractivity (Wildman–Crippen MR) is 77.2 cm³/mol. The van der Waals surface area contributed by atoms with Gasteiger partial charge in [0.05, 0.1) is 6.61 Å². The molecule has 0 bridgehead atoms. The standard InChI is InChI=1S/C14H17ClN2O4/c15-11-1-3-12(4-2-11)21-9-13(18)17-7-10(8-17)5-6-20-14(16)19/h1-4,10H,5-9H2,(H2,16,19). The molecule has 1 fully saturated rings. The van der Waals surface area contributed by atoms with Crippen molar-refractivity contribution in [3.8, 4) is 5.75 Å². The van der Waals surface area contributed by atoms with Crippen LogP contribution in [0.5, 0.6) is 5.75 Å². The summed E-state index contributed by atoms with van der Waals surface area (Å²) in [7, 11) is 0. The van der Waals surface area contributed by atoms with Gasteiger partial charge >= 0.3 is 6.09 Å². The van der Waals surface area contributed by atoms with Gasteiger partial charge in [0, 0.05) is 18.1 Å². The van der Waals surface area contributed by atoms with Gasteiger partial charge in [-0.25, -0.2) is 4.79 Å². The van der Waals surface area contributed by atoms with E-state index >= 15 is 0 Å². The van der Waals surface area contributed by atoms with Crippen molar-refractivity contribution in [2.75, 3.05) is 26.3 Å². The number of primary amides is 1. The molecule has 2 rings (SSSR count). The first-order valence-corrected chi connectivity index (χ1v) is 7.01. The lowest BCUT2D eigenvalue weighted by Gasteiger charge is -2.39. The van der Waals surface area contributed by atoms with E-state index in [0.29, 0.717) is 42.8 Å². The molecular weight excluding hydrogens is 296 g/mol. The van der Waals surface area contributed by atoms with Crippen LogP contribution in [0.25, 0.3) is 0 Å². The van der Waals surface area contributed by atoms with Crippen molar-refractivity contribution in [3.63, 3.8) is 0 Å². The minimum Gasteiger partial charge on any atom is -0.484 e. The Bertz CT molecular complexity index is 500. The maximum Gasteiger partial charge on any atom is 0.404 e. The third-order valence-electron chi connectivity index (χ3n) is 3.26. The van der Waals surface area contributed by atoms with E-state index < -0.39 is 6.09 Å². The van der Waals surface area contributed by atoms with Gasteiger partial charge in [0.1, 0.15) is 5.75 Å². The highest BCUT2D eigenvalue weighted by atomic mass is 35.5. The second kappa shape index (κ2) is 7.17. The smallest absolute Gasteiger partial charge is 0.404 e. The van der Waals surface area contributed by atoms with Crippen LogP contribution in [0.1, 0.15) is 6.42 Å². The molecule has 1 aromatic rings. The highest BCUT2D eigenvalue weighted by molar-refractivity contribution is 6.30. The molecule has 1 aliphatic heterocycles. The van der Waals surface area contributed by atoms with E-state index in [1.807, 2.05) is 0 Å². The number of likely N-dealkylation sites (tertiary alicyclic amines) is 1. The second-order valence-corrected chi connectivity index (χ2v) is 5.30. The molecule has 2 N–H and O–H groups in total. The molecule has 6 nitrogen and oxygen atoms in total. The van der Waals surface area contributed by atoms with Crippen molar-refractivity contribution in [3.05, 3.63) is 29.3 Å². The van der Waals surface area contributed by atoms with Crippen molar-refractivity contribution < 1.29 is 19.1 Å². The number of hydrogen-bond acceptors (Lipinski definition) is 4. The van der Waals surface area contributed by atoms with Gasteiger partial charge in [-0.2, -0.15) is 0 Å². The van der Waals surface area contributed by atoms with Crippen LogP contribution < -0.4 is 10.5 Å². The first kappa shape index (κ1) is 15.4. The first-order valence-electron chi connectivity index (χ1n) is 6.63. The quantitative estimate of drug-likeness (QED) is 0.866. The average Bonchev–Trinajstić information content (AvgIpc) is 2.40. The number of halogens is 1. The van der Waals surface area contributed by atoms with E-state index in [1.165, 1.54) is 0 Å². The van der Waals surface area contributed by atoms with E-state index in [-0.39, 0.29) is 12.5 Å². The Morgan fingerprint density at radius 3 is 2.57 bits per heavy atom. The molecule has 7 heteroatoms. The summed E-state index contributed by atoms with van der Waals surface area (Å²) in [6.45, 7) is 1.62. The summed E-state index contributed by atoms with van der Waals surface area (Å²) < 4.78 is 10.1. The molecule has 1 aliphatic rings. The fourth-order valence-corrected chi connectivity index (χ4v) is 2.18. The summed E-state index contributed by atoms with van der Waals surface area (Å²) in [5.41, 5.74) is 4.87. The lowest BCUT2D eigenvalue weighted by molar-refractivity contribution is -0.140. The molecule has 0 unspecified atom stereocenters. The molecular formula is C14H17ClN2O4. The largest absolute Gasteiger partial charge is 0.484 e. The molecule has 0 aromatic heterocycles. The SMILES string of the molecule is NC(=O)OCCC1CN(C(=O)COc2ccc(Cl)cc2)C1. The van der Waals surface area contributed by atoms with Crippen molar-refractivity contribution in [1.29, 1.82) is 0 Å². The zero-order chi connectivity index (χ0) is 15.2. The molecule has 1 heterocycles. The fraction of sp³-hybridized carbons (Fsp3) is 0.429. The lowest BCUT2D eigenvalue weighted by atomic mass is 9.97. The molecule has 0 aliphatic carbocycles. The average molecular weight is 313 g/mol. The Hall–Kier alpha value is -1.95. The van der Waals surface area contributed by atoms with Gasteiger partial charge in [-0.15, -0.1) is 0 Å². The van der Waals surface area contributed by atoms with Gasteiger partial charge in [-0.1, -0.05) is 11.6 Å². The monoisotopic (exact) mass is 312 g/mol. The Morgan fingerprint density at radius 2 is 1.95 bits per heavy atom. The van der Waals surface area contributed by atoms with Crippen LogP contribution in [0.15, 0.2) is 24.3 Å². The molecule has 1 aromatic carbocycles. The van der Waals surface area contributed by atoms with Crippen LogP contribution in [0.4, 0.5) is 4.79 Å². The van der Waals surface area contributed by atoms with Crippen LogP contribution in [0.3, 0.4) is 0 Å². The summed E-state index contributed by atoms with van der Waals surface area (Å²) in [5, 5.41) is 0.623. The molecule has 0 spiro atoms. The van der Waals surface area contributed by atoms with Crippen LogP contribution >= 0.6 is 11.6 Å². The molecule has 1 saturated heterocycles. The maximum absolute atomic E-state index is 11.9. The summed E-state index contributed by atoms with van der Waals surface area (Å²) in [6.07, 6.45) is -0.0521. The van der Waals surface area contributed by atoms with Crippen LogP contribution in [0.2, 0.25) is 5.02 Å². The Morgan fingerprint density at radius 1 is 1.29 bits per heavy atom. The van der Waals surface area contributed by atoms with Crippen LogP contribution in [-0.2, 0) is 9.53 Å². The van der Waals surface area contributed by atoms with Crippen molar-refractivity contribution >= 4 is 23.6 Å². The highest BCUT2D eigenvalue weighted by Gasteiger charge is 2.30. The zero-order valence-electron chi connectivity index (χ0n) is 11.5. The van der Waals surface area contributed by atoms with Gasteiger partial charge in [-0.05, 0) is 36.6 Å². The summed E-state index contributed by atoms with van der Waals surface area (Å²) in [4.78, 5) is 24.0. The third-order valence-corrected chi connectivity index (χ3v) is 3.51. The normalized spacial score (nSPS) is 14.4. The number of carbonyl (C=O) groups excluding carboxylic acids is 2. The lowest BCUT2D eigenvalue weighted by Crippen LogP contribution is -2.51. The fourth-order valence-electron chi connectivity index (χ4n) is 2.05.